The van der Waals surface area contributed by atoms with E-state index >= 15 is 0 Å². The maximum atomic E-state index is 14.0. The lowest BCUT2D eigenvalue weighted by Crippen LogP contribution is -2.41. The first kappa shape index (κ1) is 18.1. The highest BCUT2D eigenvalue weighted by Gasteiger charge is 2.32. The first-order chi connectivity index (χ1) is 9.66. The molecule has 6 heteroatoms. The predicted molar refractivity (Wildman–Crippen MR) is 85.6 cm³/mol. The van der Waals surface area contributed by atoms with Gasteiger partial charge in [-0.05, 0) is 32.4 Å². The van der Waals surface area contributed by atoms with Gasteiger partial charge >= 0.3 is 0 Å². The fourth-order valence-electron chi connectivity index (χ4n) is 1.89. The zero-order chi connectivity index (χ0) is 16.2. The second-order valence-electron chi connectivity index (χ2n) is 5.60. The van der Waals surface area contributed by atoms with E-state index in [0.29, 0.717) is 23.6 Å². The second-order valence-corrected chi connectivity index (χ2v) is 7.84. The Bertz CT molecular complexity index is 548. The summed E-state index contributed by atoms with van der Waals surface area (Å²) in [6.45, 7) is 5.61. The lowest BCUT2D eigenvalue weighted by Gasteiger charge is -2.25. The lowest BCUT2D eigenvalue weighted by atomic mass is 9.83. The Morgan fingerprint density at radius 3 is 2.62 bits per heavy atom. The van der Waals surface area contributed by atoms with Gasteiger partial charge < -0.3 is 5.32 Å². The fraction of sp³-hybridized carbons (Fsp3) is 0.533. The quantitative estimate of drug-likeness (QED) is 0.869. The molecule has 1 amide bonds. The summed E-state index contributed by atoms with van der Waals surface area (Å²) in [5.74, 6) is -0.761. The SMILES string of the molecule is C[C@H](CCNC(=O)C(C)(C)c1ccc(Cl)cc1F)[S@@](C)=O. The number of amides is 1. The Morgan fingerprint density at radius 1 is 1.48 bits per heavy atom. The molecular weight excluding hydrogens is 313 g/mol. The van der Waals surface area contributed by atoms with E-state index in [1.807, 2.05) is 6.92 Å². The van der Waals surface area contributed by atoms with Gasteiger partial charge in [0.15, 0.2) is 0 Å². The maximum absolute atomic E-state index is 14.0. The van der Waals surface area contributed by atoms with E-state index in [4.69, 9.17) is 11.6 Å². The number of hydrogen-bond acceptors (Lipinski definition) is 2. The van der Waals surface area contributed by atoms with Gasteiger partial charge in [-0.15, -0.1) is 0 Å². The van der Waals surface area contributed by atoms with Crippen molar-refractivity contribution in [2.75, 3.05) is 12.8 Å². The average Bonchev–Trinajstić information content (AvgIpc) is 2.37. The Balaban J connectivity index is 2.73. The number of carbonyl (C=O) groups is 1. The number of benzene rings is 1. The maximum Gasteiger partial charge on any atom is 0.230 e. The first-order valence-corrected chi connectivity index (χ1v) is 8.72. The summed E-state index contributed by atoms with van der Waals surface area (Å²) in [5, 5.41) is 3.09. The molecule has 1 aromatic carbocycles. The minimum Gasteiger partial charge on any atom is -0.355 e. The normalized spacial score (nSPS) is 14.6. The molecule has 0 unspecified atom stereocenters. The van der Waals surface area contributed by atoms with Crippen LogP contribution in [0.2, 0.25) is 5.02 Å². The Hall–Kier alpha value is -0.940. The molecule has 0 radical (unpaired) electrons. The minimum atomic E-state index is -0.997. The van der Waals surface area contributed by atoms with Crippen molar-refractivity contribution in [1.82, 2.24) is 5.32 Å². The van der Waals surface area contributed by atoms with Gasteiger partial charge in [-0.3, -0.25) is 9.00 Å². The van der Waals surface area contributed by atoms with E-state index in [1.165, 1.54) is 12.1 Å². The molecule has 1 rings (SSSR count). The van der Waals surface area contributed by atoms with Gasteiger partial charge in [-0.2, -0.15) is 0 Å². The molecule has 1 aromatic rings. The predicted octanol–water partition coefficient (Wildman–Crippen LogP) is 3.03. The summed E-state index contributed by atoms with van der Waals surface area (Å²) in [7, 11) is -0.914. The Morgan fingerprint density at radius 2 is 2.10 bits per heavy atom. The summed E-state index contributed by atoms with van der Waals surface area (Å²) in [6, 6.07) is 4.30. The highest BCUT2D eigenvalue weighted by molar-refractivity contribution is 7.84. The molecular formula is C15H21ClFNO2S. The van der Waals surface area contributed by atoms with Gasteiger partial charge in [0.2, 0.25) is 5.91 Å². The van der Waals surface area contributed by atoms with Crippen molar-refractivity contribution in [3.05, 3.63) is 34.6 Å². The van der Waals surface area contributed by atoms with Crippen LogP contribution in [0.1, 0.15) is 32.8 Å². The molecule has 0 spiro atoms. The summed E-state index contributed by atoms with van der Waals surface area (Å²) < 4.78 is 25.2. The number of halogens is 2. The summed E-state index contributed by atoms with van der Waals surface area (Å²) in [6.07, 6.45) is 2.26. The molecule has 2 atom stereocenters. The van der Waals surface area contributed by atoms with Crippen LogP contribution >= 0.6 is 11.6 Å². The summed E-state index contributed by atoms with van der Waals surface area (Å²) in [4.78, 5) is 12.3. The molecule has 118 valence electrons. The first-order valence-electron chi connectivity index (χ1n) is 6.72. The van der Waals surface area contributed by atoms with Crippen molar-refractivity contribution in [3.8, 4) is 0 Å². The van der Waals surface area contributed by atoms with E-state index in [0.717, 1.165) is 0 Å². The van der Waals surface area contributed by atoms with Crippen molar-refractivity contribution in [1.29, 1.82) is 0 Å². The van der Waals surface area contributed by atoms with Crippen LogP contribution in [0.5, 0.6) is 0 Å². The van der Waals surface area contributed by atoms with Crippen molar-refractivity contribution in [2.45, 2.75) is 37.9 Å². The number of rotatable bonds is 6. The van der Waals surface area contributed by atoms with Crippen LogP contribution in [0.3, 0.4) is 0 Å². The number of nitrogens with one attached hydrogen (secondary N) is 1. The minimum absolute atomic E-state index is 0.0145. The molecule has 0 fully saturated rings. The van der Waals surface area contributed by atoms with E-state index in [-0.39, 0.29) is 11.2 Å². The van der Waals surface area contributed by atoms with Gasteiger partial charge in [0.1, 0.15) is 5.82 Å². The molecule has 0 saturated heterocycles. The Kier molecular flexibility index (Phi) is 6.35. The molecule has 0 aromatic heterocycles. The standard InChI is InChI=1S/C15H21ClFNO2S/c1-10(21(4)20)7-8-18-14(19)15(2,3)12-6-5-11(16)9-13(12)17/h5-6,9-10H,7-8H2,1-4H3,(H,18,19)/t10-,21-/m1/s1. The van der Waals surface area contributed by atoms with Gasteiger partial charge in [0, 0.05) is 39.4 Å². The number of carbonyl (C=O) groups excluding carboxylic acids is 1. The van der Waals surface area contributed by atoms with Crippen molar-refractivity contribution in [3.63, 3.8) is 0 Å². The van der Waals surface area contributed by atoms with Crippen LogP contribution in [-0.2, 0) is 21.0 Å². The van der Waals surface area contributed by atoms with Gasteiger partial charge in [-0.25, -0.2) is 4.39 Å². The lowest BCUT2D eigenvalue weighted by molar-refractivity contribution is -0.125. The van der Waals surface area contributed by atoms with E-state index in [1.54, 1.807) is 26.2 Å². The molecule has 1 N–H and O–H groups in total. The van der Waals surface area contributed by atoms with Gasteiger partial charge in [0.05, 0.1) is 5.41 Å². The zero-order valence-corrected chi connectivity index (χ0v) is 14.3. The third kappa shape index (κ3) is 4.78. The molecule has 0 saturated carbocycles. The fourth-order valence-corrected chi connectivity index (χ4v) is 2.50. The molecule has 21 heavy (non-hydrogen) atoms. The van der Waals surface area contributed by atoms with Crippen molar-refractivity contribution >= 4 is 28.3 Å². The second kappa shape index (κ2) is 7.36. The summed E-state index contributed by atoms with van der Waals surface area (Å²) in [5.41, 5.74) is -0.694. The smallest absolute Gasteiger partial charge is 0.230 e. The van der Waals surface area contributed by atoms with Crippen LogP contribution in [0.15, 0.2) is 18.2 Å². The van der Waals surface area contributed by atoms with Crippen LogP contribution in [0, 0.1) is 5.82 Å². The van der Waals surface area contributed by atoms with Crippen LogP contribution in [0.25, 0.3) is 0 Å². The molecule has 3 nitrogen and oxygen atoms in total. The van der Waals surface area contributed by atoms with Gasteiger partial charge in [0.25, 0.3) is 0 Å². The zero-order valence-electron chi connectivity index (χ0n) is 12.7. The topological polar surface area (TPSA) is 46.2 Å². The van der Waals surface area contributed by atoms with Gasteiger partial charge in [-0.1, -0.05) is 24.6 Å². The Labute approximate surface area is 132 Å². The molecule has 0 aliphatic heterocycles. The summed E-state index contributed by atoms with van der Waals surface area (Å²) >= 11 is 5.73. The number of hydrogen-bond donors (Lipinski definition) is 1. The molecule has 0 heterocycles. The average molecular weight is 334 g/mol. The highest BCUT2D eigenvalue weighted by Crippen LogP contribution is 2.28. The van der Waals surface area contributed by atoms with E-state index in [9.17, 15) is 13.4 Å². The van der Waals surface area contributed by atoms with E-state index in [2.05, 4.69) is 5.32 Å². The van der Waals surface area contributed by atoms with Crippen molar-refractivity contribution < 1.29 is 13.4 Å². The molecule has 0 bridgehead atoms. The molecule has 0 aliphatic carbocycles. The van der Waals surface area contributed by atoms with E-state index < -0.39 is 22.0 Å². The van der Waals surface area contributed by atoms with Crippen LogP contribution in [-0.4, -0.2) is 28.2 Å². The van der Waals surface area contributed by atoms with Crippen LogP contribution in [0.4, 0.5) is 4.39 Å². The third-order valence-corrected chi connectivity index (χ3v) is 5.18. The third-order valence-electron chi connectivity index (χ3n) is 3.58. The van der Waals surface area contributed by atoms with Crippen molar-refractivity contribution in [2.24, 2.45) is 0 Å². The van der Waals surface area contributed by atoms with Crippen LogP contribution < -0.4 is 5.32 Å². The monoisotopic (exact) mass is 333 g/mol. The largest absolute Gasteiger partial charge is 0.355 e. The highest BCUT2D eigenvalue weighted by atomic mass is 35.5. The molecule has 0 aliphatic rings.